The number of nitrogens with one attached hydrogen (secondary N) is 1. The Morgan fingerprint density at radius 3 is 2.05 bits per heavy atom. The lowest BCUT2D eigenvalue weighted by Gasteiger charge is -2.23. The summed E-state index contributed by atoms with van der Waals surface area (Å²) in [5, 5.41) is 9.07. The Balaban J connectivity index is 2.92. The predicted octanol–water partition coefficient (Wildman–Crippen LogP) is 2.59. The predicted molar refractivity (Wildman–Crippen MR) is 84.4 cm³/mol. The van der Waals surface area contributed by atoms with Crippen LogP contribution in [0.1, 0.15) is 46.2 Å². The van der Waals surface area contributed by atoms with E-state index in [-0.39, 0.29) is 11.5 Å². The van der Waals surface area contributed by atoms with Crippen LogP contribution in [0.3, 0.4) is 0 Å². The smallest absolute Gasteiger partial charge is 0.244 e. The molecule has 1 rings (SSSR count). The monoisotopic (exact) mass is 316 g/mol. The Bertz CT molecular complexity index is 509. The average molecular weight is 316 g/mol. The fraction of sp³-hybridized carbons (Fsp3) is 0.733. The van der Waals surface area contributed by atoms with E-state index in [0.29, 0.717) is 30.6 Å². The molecule has 0 saturated heterocycles. The molecule has 0 spiro atoms. The van der Waals surface area contributed by atoms with Gasteiger partial charge in [-0.3, -0.25) is 0 Å². The third kappa shape index (κ3) is 5.45. The minimum Gasteiger partial charge on any atom is -0.390 e. The van der Waals surface area contributed by atoms with Gasteiger partial charge < -0.3 is 10.1 Å². The van der Waals surface area contributed by atoms with E-state index in [9.17, 15) is 8.42 Å². The third-order valence-electron chi connectivity index (χ3n) is 3.44. The van der Waals surface area contributed by atoms with E-state index in [1.807, 2.05) is 0 Å². The van der Waals surface area contributed by atoms with Crippen LogP contribution in [0.5, 0.6) is 0 Å². The van der Waals surface area contributed by atoms with Crippen molar-refractivity contribution in [2.24, 2.45) is 11.8 Å². The number of hydrogen-bond acceptors (Lipinski definition) is 3. The van der Waals surface area contributed by atoms with Crippen molar-refractivity contribution in [3.05, 3.63) is 18.0 Å². The van der Waals surface area contributed by atoms with Crippen LogP contribution in [0.25, 0.3) is 0 Å². The summed E-state index contributed by atoms with van der Waals surface area (Å²) in [5.74, 6) is 0.918. The highest BCUT2D eigenvalue weighted by molar-refractivity contribution is 7.89. The van der Waals surface area contributed by atoms with E-state index in [1.165, 1.54) is 12.3 Å². The van der Waals surface area contributed by atoms with Crippen molar-refractivity contribution in [2.75, 3.05) is 13.1 Å². The maximum absolute atomic E-state index is 12.7. The summed E-state index contributed by atoms with van der Waals surface area (Å²) in [5.41, 5.74) is 0.515. The highest BCUT2D eigenvalue weighted by Gasteiger charge is 2.25. The first-order valence-electron chi connectivity index (χ1n) is 7.55. The second-order valence-corrected chi connectivity index (χ2v) is 8.23. The van der Waals surface area contributed by atoms with Crippen molar-refractivity contribution in [1.82, 2.24) is 9.29 Å². The van der Waals surface area contributed by atoms with Gasteiger partial charge in [0.05, 0.1) is 11.5 Å². The van der Waals surface area contributed by atoms with Crippen molar-refractivity contribution in [1.29, 1.82) is 0 Å². The van der Waals surface area contributed by atoms with Gasteiger partial charge in [-0.25, -0.2) is 8.42 Å². The third-order valence-corrected chi connectivity index (χ3v) is 5.31. The van der Waals surface area contributed by atoms with E-state index in [0.717, 1.165) is 12.8 Å². The van der Waals surface area contributed by atoms with Crippen LogP contribution in [0.4, 0.5) is 0 Å². The molecule has 5 nitrogen and oxygen atoms in total. The SMILES string of the molecule is CC(C)CCN(CCC(C)C)S(=O)(=O)c1c[nH]c(CO)c1. The van der Waals surface area contributed by atoms with Gasteiger partial charge >= 0.3 is 0 Å². The van der Waals surface area contributed by atoms with Crippen molar-refractivity contribution in [3.63, 3.8) is 0 Å². The molecular weight excluding hydrogens is 288 g/mol. The lowest BCUT2D eigenvalue weighted by atomic mass is 10.1. The van der Waals surface area contributed by atoms with E-state index in [4.69, 9.17) is 5.11 Å². The largest absolute Gasteiger partial charge is 0.390 e. The summed E-state index contributed by atoms with van der Waals surface area (Å²) in [6.07, 6.45) is 3.14. The maximum Gasteiger partial charge on any atom is 0.244 e. The molecule has 1 aromatic rings. The Kier molecular flexibility index (Phi) is 6.90. The molecule has 21 heavy (non-hydrogen) atoms. The van der Waals surface area contributed by atoms with Crippen LogP contribution in [-0.2, 0) is 16.6 Å². The van der Waals surface area contributed by atoms with E-state index in [2.05, 4.69) is 32.7 Å². The zero-order valence-corrected chi connectivity index (χ0v) is 14.3. The molecule has 0 bridgehead atoms. The van der Waals surface area contributed by atoms with E-state index in [1.54, 1.807) is 4.31 Å². The minimum absolute atomic E-state index is 0.187. The Hall–Kier alpha value is -0.850. The molecule has 2 N–H and O–H groups in total. The molecule has 0 saturated carbocycles. The van der Waals surface area contributed by atoms with E-state index >= 15 is 0 Å². The molecule has 0 aliphatic heterocycles. The molecule has 0 aliphatic rings. The molecular formula is C15H28N2O3S. The molecule has 0 fully saturated rings. The number of rotatable bonds is 9. The quantitative estimate of drug-likeness (QED) is 0.735. The van der Waals surface area contributed by atoms with Gasteiger partial charge in [-0.05, 0) is 30.7 Å². The highest BCUT2D eigenvalue weighted by atomic mass is 32.2. The van der Waals surface area contributed by atoms with E-state index < -0.39 is 10.0 Å². The summed E-state index contributed by atoms with van der Waals surface area (Å²) in [4.78, 5) is 3.03. The molecule has 0 atom stereocenters. The average Bonchev–Trinajstić information content (AvgIpc) is 2.87. The normalized spacial score (nSPS) is 12.8. The van der Waals surface area contributed by atoms with Crippen molar-refractivity contribution in [2.45, 2.75) is 52.0 Å². The summed E-state index contributed by atoms with van der Waals surface area (Å²) in [6, 6.07) is 1.51. The molecule has 0 amide bonds. The summed E-state index contributed by atoms with van der Waals surface area (Å²) < 4.78 is 27.0. The van der Waals surface area contributed by atoms with Crippen molar-refractivity contribution >= 4 is 10.0 Å². The molecule has 0 radical (unpaired) electrons. The van der Waals surface area contributed by atoms with Crippen molar-refractivity contribution < 1.29 is 13.5 Å². The van der Waals surface area contributed by atoms with Crippen molar-refractivity contribution in [3.8, 4) is 0 Å². The fourth-order valence-electron chi connectivity index (χ4n) is 1.96. The lowest BCUT2D eigenvalue weighted by molar-refractivity contribution is 0.277. The first-order chi connectivity index (χ1) is 9.77. The number of nitrogens with zero attached hydrogens (tertiary/aromatic N) is 1. The summed E-state index contributed by atoms with van der Waals surface area (Å²) >= 11 is 0. The first kappa shape index (κ1) is 18.2. The maximum atomic E-state index is 12.7. The standard InChI is InChI=1S/C15H28N2O3S/c1-12(2)5-7-17(8-6-13(3)4)21(19,20)15-9-14(11-18)16-10-15/h9-10,12-13,16,18H,5-8,11H2,1-4H3. The van der Waals surface area contributed by atoms with Gasteiger partial charge in [0.1, 0.15) is 0 Å². The Morgan fingerprint density at radius 1 is 1.14 bits per heavy atom. The first-order valence-corrected chi connectivity index (χ1v) is 8.99. The second kappa shape index (κ2) is 7.96. The van der Waals surface area contributed by atoms with Gasteiger partial charge in [0, 0.05) is 25.0 Å². The van der Waals surface area contributed by atoms with Gasteiger partial charge in [0.25, 0.3) is 0 Å². The zero-order chi connectivity index (χ0) is 16.0. The number of aromatic amines is 1. The van der Waals surface area contributed by atoms with Crippen LogP contribution < -0.4 is 0 Å². The van der Waals surface area contributed by atoms with Gasteiger partial charge in [-0.2, -0.15) is 4.31 Å². The molecule has 0 unspecified atom stereocenters. The molecule has 0 aromatic carbocycles. The Labute approximate surface area is 128 Å². The number of aliphatic hydroxyl groups is 1. The van der Waals surface area contributed by atoms with Gasteiger partial charge in [0.2, 0.25) is 10.0 Å². The van der Waals surface area contributed by atoms with Crippen LogP contribution in [-0.4, -0.2) is 35.9 Å². The topological polar surface area (TPSA) is 73.4 Å². The van der Waals surface area contributed by atoms with Gasteiger partial charge in [-0.15, -0.1) is 0 Å². The number of H-pyrrole nitrogens is 1. The number of hydrogen-bond donors (Lipinski definition) is 2. The Morgan fingerprint density at radius 2 is 1.67 bits per heavy atom. The van der Waals surface area contributed by atoms with Gasteiger partial charge in [0.15, 0.2) is 0 Å². The fourth-order valence-corrected chi connectivity index (χ4v) is 3.45. The molecule has 0 aliphatic carbocycles. The molecule has 1 aromatic heterocycles. The number of aliphatic hydroxyl groups excluding tert-OH is 1. The molecule has 122 valence electrons. The van der Waals surface area contributed by atoms with Crippen LogP contribution in [0.15, 0.2) is 17.2 Å². The second-order valence-electron chi connectivity index (χ2n) is 6.29. The minimum atomic E-state index is -3.49. The lowest BCUT2D eigenvalue weighted by Crippen LogP contribution is -2.34. The van der Waals surface area contributed by atoms with Crippen LogP contribution >= 0.6 is 0 Å². The zero-order valence-electron chi connectivity index (χ0n) is 13.5. The van der Waals surface area contributed by atoms with Crippen LogP contribution in [0.2, 0.25) is 0 Å². The summed E-state index contributed by atoms with van der Waals surface area (Å²) in [6.45, 7) is 9.24. The van der Waals surface area contributed by atoms with Crippen LogP contribution in [0, 0.1) is 11.8 Å². The van der Waals surface area contributed by atoms with Gasteiger partial charge in [-0.1, -0.05) is 27.7 Å². The molecule has 6 heteroatoms. The highest BCUT2D eigenvalue weighted by Crippen LogP contribution is 2.19. The number of sulfonamides is 1. The number of aromatic nitrogens is 1. The molecule has 1 heterocycles. The summed E-state index contributed by atoms with van der Waals surface area (Å²) in [7, 11) is -3.49.